The summed E-state index contributed by atoms with van der Waals surface area (Å²) in [5, 5.41) is 3.46. The van der Waals surface area contributed by atoms with E-state index < -0.39 is 0 Å². The van der Waals surface area contributed by atoms with Crippen molar-refractivity contribution in [1.82, 2.24) is 9.55 Å². The van der Waals surface area contributed by atoms with Gasteiger partial charge in [-0.2, -0.15) is 0 Å². The Morgan fingerprint density at radius 2 is 1.78 bits per heavy atom. The average Bonchev–Trinajstić information content (AvgIpc) is 2.69. The van der Waals surface area contributed by atoms with Gasteiger partial charge >= 0.3 is 0 Å². The molecular formula is C15H29N3. The summed E-state index contributed by atoms with van der Waals surface area (Å²) in [7, 11) is 0. The lowest BCUT2D eigenvalue weighted by molar-refractivity contribution is 0.614. The molecule has 1 rings (SSSR count). The predicted molar refractivity (Wildman–Crippen MR) is 79.1 cm³/mol. The Hall–Kier alpha value is -0.990. The van der Waals surface area contributed by atoms with Crippen molar-refractivity contribution in [3.05, 3.63) is 11.9 Å². The molecule has 0 fully saturated rings. The van der Waals surface area contributed by atoms with Gasteiger partial charge in [0.25, 0.3) is 0 Å². The maximum absolute atomic E-state index is 4.53. The van der Waals surface area contributed by atoms with E-state index in [0.29, 0.717) is 0 Å². The van der Waals surface area contributed by atoms with Gasteiger partial charge in [-0.15, -0.1) is 0 Å². The van der Waals surface area contributed by atoms with Crippen LogP contribution in [0.4, 0.5) is 5.95 Å². The zero-order chi connectivity index (χ0) is 13.2. The van der Waals surface area contributed by atoms with Crippen molar-refractivity contribution in [2.24, 2.45) is 0 Å². The van der Waals surface area contributed by atoms with Gasteiger partial charge in [0, 0.05) is 19.3 Å². The van der Waals surface area contributed by atoms with Gasteiger partial charge in [0.2, 0.25) is 5.95 Å². The Bertz CT molecular complexity index is 318. The molecule has 0 radical (unpaired) electrons. The molecule has 104 valence electrons. The number of nitrogens with one attached hydrogen (secondary N) is 1. The van der Waals surface area contributed by atoms with Crippen LogP contribution >= 0.6 is 0 Å². The third-order valence-corrected chi connectivity index (χ3v) is 3.17. The smallest absolute Gasteiger partial charge is 0.203 e. The van der Waals surface area contributed by atoms with Crippen molar-refractivity contribution >= 4 is 5.95 Å². The standard InChI is InChI=1S/C15H29N3/c1-4-6-7-8-9-10-11-16-15-17-14(3)13-18(15)12-5-2/h13H,4-12H2,1-3H3,(H,16,17). The Kier molecular flexibility index (Phi) is 7.54. The highest BCUT2D eigenvalue weighted by molar-refractivity contribution is 5.28. The lowest BCUT2D eigenvalue weighted by Gasteiger charge is -2.08. The van der Waals surface area contributed by atoms with Crippen LogP contribution in [0.1, 0.15) is 64.5 Å². The van der Waals surface area contributed by atoms with Gasteiger partial charge in [-0.25, -0.2) is 4.98 Å². The van der Waals surface area contributed by atoms with Gasteiger partial charge in [0.1, 0.15) is 0 Å². The van der Waals surface area contributed by atoms with Crippen molar-refractivity contribution < 1.29 is 0 Å². The van der Waals surface area contributed by atoms with E-state index in [1.807, 2.05) is 0 Å². The molecule has 1 heterocycles. The molecule has 0 aliphatic heterocycles. The minimum absolute atomic E-state index is 1.04. The third kappa shape index (κ3) is 5.56. The summed E-state index contributed by atoms with van der Waals surface area (Å²) in [4.78, 5) is 4.53. The van der Waals surface area contributed by atoms with E-state index in [9.17, 15) is 0 Å². The van der Waals surface area contributed by atoms with Crippen LogP contribution in [0.5, 0.6) is 0 Å². The van der Waals surface area contributed by atoms with Gasteiger partial charge in [-0.05, 0) is 19.8 Å². The average molecular weight is 251 g/mol. The fourth-order valence-electron chi connectivity index (χ4n) is 2.20. The third-order valence-electron chi connectivity index (χ3n) is 3.17. The van der Waals surface area contributed by atoms with E-state index in [1.165, 1.54) is 38.5 Å². The zero-order valence-corrected chi connectivity index (χ0v) is 12.3. The number of hydrogen-bond acceptors (Lipinski definition) is 2. The molecule has 0 atom stereocenters. The summed E-state index contributed by atoms with van der Waals surface area (Å²) >= 11 is 0. The van der Waals surface area contributed by atoms with Crippen molar-refractivity contribution in [2.45, 2.75) is 72.3 Å². The number of nitrogens with zero attached hydrogens (tertiary/aromatic N) is 2. The largest absolute Gasteiger partial charge is 0.356 e. The minimum atomic E-state index is 1.04. The minimum Gasteiger partial charge on any atom is -0.356 e. The first-order valence-corrected chi connectivity index (χ1v) is 7.55. The second-order valence-electron chi connectivity index (χ2n) is 5.09. The molecular weight excluding hydrogens is 222 g/mol. The Balaban J connectivity index is 2.18. The molecule has 0 amide bonds. The molecule has 0 saturated heterocycles. The SMILES string of the molecule is CCCCCCCCNc1nc(C)cn1CCC. The van der Waals surface area contributed by atoms with E-state index in [4.69, 9.17) is 0 Å². The summed E-state index contributed by atoms with van der Waals surface area (Å²) in [6.07, 6.45) is 11.3. The lowest BCUT2D eigenvalue weighted by atomic mass is 10.1. The van der Waals surface area contributed by atoms with Gasteiger partial charge < -0.3 is 9.88 Å². The van der Waals surface area contributed by atoms with Gasteiger partial charge in [-0.1, -0.05) is 46.0 Å². The van der Waals surface area contributed by atoms with Crippen LogP contribution in [-0.2, 0) is 6.54 Å². The second kappa shape index (κ2) is 9.01. The number of aryl methyl sites for hydroxylation is 2. The van der Waals surface area contributed by atoms with Gasteiger partial charge in [0.15, 0.2) is 0 Å². The van der Waals surface area contributed by atoms with Crippen LogP contribution in [0, 0.1) is 6.92 Å². The number of aromatic nitrogens is 2. The molecule has 0 spiro atoms. The summed E-state index contributed by atoms with van der Waals surface area (Å²) in [5.41, 5.74) is 1.11. The molecule has 0 aliphatic rings. The molecule has 18 heavy (non-hydrogen) atoms. The molecule has 1 aromatic heterocycles. The number of rotatable bonds is 10. The quantitative estimate of drug-likeness (QED) is 0.626. The van der Waals surface area contributed by atoms with Crippen LogP contribution in [0.15, 0.2) is 6.20 Å². The van der Waals surface area contributed by atoms with Crippen LogP contribution in [0.3, 0.4) is 0 Å². The highest BCUT2D eigenvalue weighted by Gasteiger charge is 2.03. The predicted octanol–water partition coefficient (Wildman–Crippen LogP) is 4.37. The van der Waals surface area contributed by atoms with Crippen molar-refractivity contribution in [2.75, 3.05) is 11.9 Å². The van der Waals surface area contributed by atoms with Crippen molar-refractivity contribution in [3.8, 4) is 0 Å². The summed E-state index contributed by atoms with van der Waals surface area (Å²) in [6, 6.07) is 0. The highest BCUT2D eigenvalue weighted by atomic mass is 15.2. The van der Waals surface area contributed by atoms with E-state index in [1.54, 1.807) is 0 Å². The number of hydrogen-bond donors (Lipinski definition) is 1. The van der Waals surface area contributed by atoms with Gasteiger partial charge in [-0.3, -0.25) is 0 Å². The fraction of sp³-hybridized carbons (Fsp3) is 0.800. The summed E-state index contributed by atoms with van der Waals surface area (Å²) in [6.45, 7) is 8.62. The molecule has 0 aliphatic carbocycles. The zero-order valence-electron chi connectivity index (χ0n) is 12.3. The number of imidazole rings is 1. The summed E-state index contributed by atoms with van der Waals surface area (Å²) < 4.78 is 2.23. The Morgan fingerprint density at radius 1 is 1.06 bits per heavy atom. The molecule has 0 saturated carbocycles. The van der Waals surface area contributed by atoms with Gasteiger partial charge in [0.05, 0.1) is 5.69 Å². The Morgan fingerprint density at radius 3 is 2.50 bits per heavy atom. The van der Waals surface area contributed by atoms with E-state index in [-0.39, 0.29) is 0 Å². The van der Waals surface area contributed by atoms with Crippen LogP contribution in [0.25, 0.3) is 0 Å². The molecule has 1 aromatic rings. The van der Waals surface area contributed by atoms with E-state index in [2.05, 4.69) is 41.8 Å². The first-order valence-electron chi connectivity index (χ1n) is 7.55. The molecule has 1 N–H and O–H groups in total. The monoisotopic (exact) mass is 251 g/mol. The topological polar surface area (TPSA) is 29.9 Å². The lowest BCUT2D eigenvalue weighted by Crippen LogP contribution is -2.08. The first kappa shape index (κ1) is 15.1. The Labute approximate surface area is 112 Å². The number of unbranched alkanes of at least 4 members (excludes halogenated alkanes) is 5. The molecule has 0 unspecified atom stereocenters. The highest BCUT2D eigenvalue weighted by Crippen LogP contribution is 2.10. The van der Waals surface area contributed by atoms with Crippen LogP contribution in [0.2, 0.25) is 0 Å². The van der Waals surface area contributed by atoms with E-state index in [0.717, 1.165) is 31.2 Å². The normalized spacial score (nSPS) is 10.8. The molecule has 3 nitrogen and oxygen atoms in total. The second-order valence-corrected chi connectivity index (χ2v) is 5.09. The first-order chi connectivity index (χ1) is 8.77. The summed E-state index contributed by atoms with van der Waals surface area (Å²) in [5.74, 6) is 1.04. The molecule has 0 bridgehead atoms. The maximum atomic E-state index is 4.53. The van der Waals surface area contributed by atoms with E-state index >= 15 is 0 Å². The van der Waals surface area contributed by atoms with Crippen LogP contribution in [-0.4, -0.2) is 16.1 Å². The fourth-order valence-corrected chi connectivity index (χ4v) is 2.20. The van der Waals surface area contributed by atoms with Crippen molar-refractivity contribution in [1.29, 1.82) is 0 Å². The number of anilines is 1. The maximum Gasteiger partial charge on any atom is 0.203 e. The molecule has 0 aromatic carbocycles. The van der Waals surface area contributed by atoms with Crippen LogP contribution < -0.4 is 5.32 Å². The van der Waals surface area contributed by atoms with Crippen molar-refractivity contribution in [3.63, 3.8) is 0 Å². The molecule has 3 heteroatoms.